The maximum atomic E-state index is 8.58. The molecule has 0 aliphatic heterocycles. The molecule has 2 N–H and O–H groups in total. The lowest BCUT2D eigenvalue weighted by atomic mass is 10.2. The smallest absolute Gasteiger partial charge is 0.0443 e. The van der Waals surface area contributed by atoms with Gasteiger partial charge in [-0.15, -0.1) is 0 Å². The molecule has 0 bridgehead atoms. The summed E-state index contributed by atoms with van der Waals surface area (Å²) in [4.78, 5) is 0. The first-order valence-electron chi connectivity index (χ1n) is 4.49. The van der Waals surface area contributed by atoms with Crippen LogP contribution in [0.4, 0.5) is 0 Å². The Balaban J connectivity index is 2.42. The number of hydrogen-bond donors (Lipinski definition) is 2. The van der Waals surface area contributed by atoms with Crippen LogP contribution in [0.3, 0.4) is 0 Å². The van der Waals surface area contributed by atoms with Crippen LogP contribution in [0.5, 0.6) is 0 Å². The summed E-state index contributed by atoms with van der Waals surface area (Å²) in [7, 11) is 0. The lowest BCUT2D eigenvalue weighted by molar-refractivity contribution is 0.286. The van der Waals surface area contributed by atoms with Gasteiger partial charge in [0, 0.05) is 22.6 Å². The Labute approximate surface area is 97.4 Å². The summed E-state index contributed by atoms with van der Waals surface area (Å²) in [5, 5.41) is 12.5. The summed E-state index contributed by atoms with van der Waals surface area (Å²) < 4.78 is 0.990. The van der Waals surface area contributed by atoms with E-state index < -0.39 is 0 Å². The molecule has 0 aromatic heterocycles. The van der Waals surface area contributed by atoms with Gasteiger partial charge >= 0.3 is 0 Å². The molecule has 0 saturated carbocycles. The Morgan fingerprint density at radius 2 is 2.14 bits per heavy atom. The highest BCUT2D eigenvalue weighted by Crippen LogP contribution is 2.19. The van der Waals surface area contributed by atoms with Gasteiger partial charge in [-0.05, 0) is 36.7 Å². The first-order valence-corrected chi connectivity index (χ1v) is 5.66. The largest absolute Gasteiger partial charge is 0.396 e. The molecule has 0 spiro atoms. The van der Waals surface area contributed by atoms with Gasteiger partial charge < -0.3 is 10.4 Å². The van der Waals surface area contributed by atoms with E-state index >= 15 is 0 Å². The highest BCUT2D eigenvalue weighted by atomic mass is 79.9. The fourth-order valence-corrected chi connectivity index (χ4v) is 2.08. The van der Waals surface area contributed by atoms with Crippen LogP contribution in [0.25, 0.3) is 0 Å². The van der Waals surface area contributed by atoms with Gasteiger partial charge in [-0.1, -0.05) is 27.5 Å². The van der Waals surface area contributed by atoms with Crippen LogP contribution in [0.1, 0.15) is 12.0 Å². The summed E-state index contributed by atoms with van der Waals surface area (Å²) in [6.45, 7) is 1.83. The summed E-state index contributed by atoms with van der Waals surface area (Å²) in [6.07, 6.45) is 0.779. The quantitative estimate of drug-likeness (QED) is 0.812. The van der Waals surface area contributed by atoms with Crippen molar-refractivity contribution in [2.75, 3.05) is 13.2 Å². The van der Waals surface area contributed by atoms with Gasteiger partial charge in [0.2, 0.25) is 0 Å². The van der Waals surface area contributed by atoms with Crippen molar-refractivity contribution < 1.29 is 5.11 Å². The molecule has 0 aliphatic rings. The number of halogens is 2. The summed E-state index contributed by atoms with van der Waals surface area (Å²) >= 11 is 9.28. The predicted octanol–water partition coefficient (Wildman–Crippen LogP) is 2.57. The Morgan fingerprint density at radius 3 is 2.79 bits per heavy atom. The molecule has 0 unspecified atom stereocenters. The monoisotopic (exact) mass is 277 g/mol. The van der Waals surface area contributed by atoms with E-state index in [1.54, 1.807) is 0 Å². The molecule has 0 aliphatic carbocycles. The van der Waals surface area contributed by atoms with Crippen LogP contribution < -0.4 is 5.32 Å². The topological polar surface area (TPSA) is 32.3 Å². The Morgan fingerprint density at radius 1 is 1.36 bits per heavy atom. The lowest BCUT2D eigenvalue weighted by Gasteiger charge is -2.05. The third kappa shape index (κ3) is 4.42. The summed E-state index contributed by atoms with van der Waals surface area (Å²) in [6, 6.07) is 5.81. The highest BCUT2D eigenvalue weighted by molar-refractivity contribution is 9.10. The molecule has 78 valence electrons. The first kappa shape index (κ1) is 12.0. The number of rotatable bonds is 5. The second-order valence-electron chi connectivity index (χ2n) is 3.03. The van der Waals surface area contributed by atoms with Gasteiger partial charge in [0.25, 0.3) is 0 Å². The molecule has 0 atom stereocenters. The number of nitrogens with one attached hydrogen (secondary N) is 1. The van der Waals surface area contributed by atoms with Crippen LogP contribution in [0, 0.1) is 0 Å². The number of hydrogen-bond acceptors (Lipinski definition) is 2. The Hall–Kier alpha value is -0.0900. The van der Waals surface area contributed by atoms with Crippen molar-refractivity contribution in [1.29, 1.82) is 0 Å². The molecule has 0 radical (unpaired) electrons. The van der Waals surface area contributed by atoms with E-state index in [0.29, 0.717) is 0 Å². The van der Waals surface area contributed by atoms with Crippen molar-refractivity contribution in [2.45, 2.75) is 13.0 Å². The highest BCUT2D eigenvalue weighted by Gasteiger charge is 1.97. The zero-order chi connectivity index (χ0) is 10.4. The van der Waals surface area contributed by atoms with Crippen LogP contribution in [0.15, 0.2) is 22.7 Å². The van der Waals surface area contributed by atoms with E-state index in [1.807, 2.05) is 18.2 Å². The third-order valence-corrected chi connectivity index (χ3v) is 2.44. The van der Waals surface area contributed by atoms with E-state index in [-0.39, 0.29) is 6.61 Å². The van der Waals surface area contributed by atoms with Gasteiger partial charge in [-0.2, -0.15) is 0 Å². The molecule has 1 rings (SSSR count). The van der Waals surface area contributed by atoms with Crippen molar-refractivity contribution >= 4 is 27.5 Å². The molecule has 14 heavy (non-hydrogen) atoms. The van der Waals surface area contributed by atoms with Crippen molar-refractivity contribution in [3.63, 3.8) is 0 Å². The summed E-state index contributed by atoms with van der Waals surface area (Å²) in [5.74, 6) is 0. The molecule has 0 fully saturated rings. The van der Waals surface area contributed by atoms with Crippen molar-refractivity contribution in [3.05, 3.63) is 33.3 Å². The number of aliphatic hydroxyl groups excluding tert-OH is 1. The average molecular weight is 279 g/mol. The maximum Gasteiger partial charge on any atom is 0.0443 e. The van der Waals surface area contributed by atoms with E-state index in [4.69, 9.17) is 16.7 Å². The van der Waals surface area contributed by atoms with Gasteiger partial charge in [0.05, 0.1) is 0 Å². The molecule has 0 saturated heterocycles. The SMILES string of the molecule is OCCCNCc1cc(Cl)cc(Br)c1. The fraction of sp³-hybridized carbons (Fsp3) is 0.400. The van der Waals surface area contributed by atoms with Gasteiger partial charge in [0.1, 0.15) is 0 Å². The molecule has 1 aromatic rings. The molecule has 4 heteroatoms. The van der Waals surface area contributed by atoms with Gasteiger partial charge in [0.15, 0.2) is 0 Å². The zero-order valence-electron chi connectivity index (χ0n) is 7.76. The molecule has 2 nitrogen and oxygen atoms in total. The second kappa shape index (κ2) is 6.40. The molecule has 0 heterocycles. The Bertz CT molecular complexity index is 273. The van der Waals surface area contributed by atoms with Crippen LogP contribution in [0.2, 0.25) is 5.02 Å². The normalized spacial score (nSPS) is 10.5. The number of aliphatic hydroxyl groups is 1. The minimum atomic E-state index is 0.228. The van der Waals surface area contributed by atoms with Crippen LogP contribution >= 0.6 is 27.5 Å². The number of benzene rings is 1. The lowest BCUT2D eigenvalue weighted by Crippen LogP contribution is -2.15. The second-order valence-corrected chi connectivity index (χ2v) is 4.38. The van der Waals surface area contributed by atoms with Gasteiger partial charge in [-0.25, -0.2) is 0 Å². The standard InChI is InChI=1S/C10H13BrClNO/c11-9-4-8(5-10(12)6-9)7-13-2-1-3-14/h4-6,13-14H,1-3,7H2. The zero-order valence-corrected chi connectivity index (χ0v) is 10.1. The van der Waals surface area contributed by atoms with Crippen LogP contribution in [-0.2, 0) is 6.54 Å². The Kier molecular flexibility index (Phi) is 5.48. The maximum absolute atomic E-state index is 8.58. The molecular formula is C10H13BrClNO. The fourth-order valence-electron chi connectivity index (χ4n) is 1.15. The van der Waals surface area contributed by atoms with E-state index in [9.17, 15) is 0 Å². The predicted molar refractivity (Wildman–Crippen MR) is 62.6 cm³/mol. The van der Waals surface area contributed by atoms with E-state index in [2.05, 4.69) is 21.2 Å². The average Bonchev–Trinajstić information content (AvgIpc) is 2.11. The van der Waals surface area contributed by atoms with Gasteiger partial charge in [-0.3, -0.25) is 0 Å². The molecular weight excluding hydrogens is 265 g/mol. The van der Waals surface area contributed by atoms with E-state index in [0.717, 1.165) is 34.6 Å². The summed E-state index contributed by atoms with van der Waals surface area (Å²) in [5.41, 5.74) is 1.14. The van der Waals surface area contributed by atoms with Crippen LogP contribution in [-0.4, -0.2) is 18.3 Å². The third-order valence-electron chi connectivity index (χ3n) is 1.76. The minimum absolute atomic E-state index is 0.228. The molecule has 0 amide bonds. The van der Waals surface area contributed by atoms with Crippen molar-refractivity contribution in [3.8, 4) is 0 Å². The van der Waals surface area contributed by atoms with Crippen molar-refractivity contribution in [1.82, 2.24) is 5.32 Å². The van der Waals surface area contributed by atoms with Crippen molar-refractivity contribution in [2.24, 2.45) is 0 Å². The minimum Gasteiger partial charge on any atom is -0.396 e. The first-order chi connectivity index (χ1) is 6.72. The van der Waals surface area contributed by atoms with E-state index in [1.165, 1.54) is 0 Å². The molecule has 1 aromatic carbocycles.